The summed E-state index contributed by atoms with van der Waals surface area (Å²) in [6, 6.07) is -0.0213. The lowest BCUT2D eigenvalue weighted by molar-refractivity contribution is -0.138. The molecule has 0 aliphatic carbocycles. The number of rotatable bonds is 4. The molecule has 5 nitrogen and oxygen atoms in total. The van der Waals surface area contributed by atoms with Gasteiger partial charge in [0.05, 0.1) is 0 Å². The van der Waals surface area contributed by atoms with Crippen LogP contribution in [-0.4, -0.2) is 53.1 Å². The number of urea groups is 1. The van der Waals surface area contributed by atoms with Gasteiger partial charge in [-0.1, -0.05) is 0 Å². The number of piperidine rings is 1. The minimum atomic E-state index is -0.768. The molecule has 2 aliphatic rings. The third kappa shape index (κ3) is 4.60. The summed E-state index contributed by atoms with van der Waals surface area (Å²) in [6.45, 7) is 2.09. The SMILES string of the molecule is O=C(O)CC1CCCN(C(=O)NCC2CCSC2)C1. The maximum Gasteiger partial charge on any atom is 0.317 e. The molecule has 2 heterocycles. The van der Waals surface area contributed by atoms with Gasteiger partial charge in [-0.2, -0.15) is 11.8 Å². The molecule has 2 saturated heterocycles. The largest absolute Gasteiger partial charge is 0.481 e. The number of nitrogens with one attached hydrogen (secondary N) is 1. The van der Waals surface area contributed by atoms with E-state index in [9.17, 15) is 9.59 Å². The van der Waals surface area contributed by atoms with Gasteiger partial charge in [-0.15, -0.1) is 0 Å². The minimum absolute atomic E-state index is 0.0213. The van der Waals surface area contributed by atoms with Crippen LogP contribution in [0.25, 0.3) is 0 Å². The van der Waals surface area contributed by atoms with Gasteiger partial charge in [0, 0.05) is 26.1 Å². The van der Waals surface area contributed by atoms with Crippen molar-refractivity contribution in [1.82, 2.24) is 10.2 Å². The molecule has 0 radical (unpaired) electrons. The highest BCUT2D eigenvalue weighted by Gasteiger charge is 2.25. The number of aliphatic carboxylic acids is 1. The van der Waals surface area contributed by atoms with Crippen molar-refractivity contribution in [2.45, 2.75) is 25.7 Å². The summed E-state index contributed by atoms with van der Waals surface area (Å²) < 4.78 is 0. The second-order valence-electron chi connectivity index (χ2n) is 5.47. The molecule has 2 amide bonds. The van der Waals surface area contributed by atoms with E-state index in [1.165, 1.54) is 12.2 Å². The molecule has 19 heavy (non-hydrogen) atoms. The molecule has 2 aliphatic heterocycles. The number of carboxylic acids is 1. The highest BCUT2D eigenvalue weighted by atomic mass is 32.2. The molecule has 108 valence electrons. The van der Waals surface area contributed by atoms with Gasteiger partial charge >= 0.3 is 12.0 Å². The van der Waals surface area contributed by atoms with E-state index in [0.717, 1.165) is 31.7 Å². The number of carbonyl (C=O) groups is 2. The van der Waals surface area contributed by atoms with E-state index < -0.39 is 5.97 Å². The Morgan fingerprint density at radius 3 is 2.84 bits per heavy atom. The molecular weight excluding hydrogens is 264 g/mol. The van der Waals surface area contributed by atoms with Crippen LogP contribution in [0.5, 0.6) is 0 Å². The highest BCUT2D eigenvalue weighted by Crippen LogP contribution is 2.23. The van der Waals surface area contributed by atoms with E-state index >= 15 is 0 Å². The average molecular weight is 286 g/mol. The molecule has 0 bridgehead atoms. The predicted octanol–water partition coefficient (Wildman–Crippen LogP) is 1.64. The molecule has 0 aromatic carbocycles. The van der Waals surface area contributed by atoms with Crippen LogP contribution in [0.3, 0.4) is 0 Å². The molecule has 6 heteroatoms. The zero-order valence-corrected chi connectivity index (χ0v) is 12.0. The van der Waals surface area contributed by atoms with E-state index in [0.29, 0.717) is 12.5 Å². The normalized spacial score (nSPS) is 27.3. The number of amides is 2. The summed E-state index contributed by atoms with van der Waals surface area (Å²) >= 11 is 1.95. The monoisotopic (exact) mass is 286 g/mol. The van der Waals surface area contributed by atoms with Crippen LogP contribution < -0.4 is 5.32 Å². The fourth-order valence-corrected chi connectivity index (χ4v) is 4.04. The lowest BCUT2D eigenvalue weighted by atomic mass is 9.95. The molecule has 2 fully saturated rings. The Labute approximate surface area is 118 Å². The fourth-order valence-electron chi connectivity index (χ4n) is 2.75. The zero-order valence-electron chi connectivity index (χ0n) is 11.1. The van der Waals surface area contributed by atoms with E-state index in [-0.39, 0.29) is 18.4 Å². The first-order valence-electron chi connectivity index (χ1n) is 6.97. The minimum Gasteiger partial charge on any atom is -0.481 e. The molecule has 0 spiro atoms. The van der Waals surface area contributed by atoms with E-state index in [1.54, 1.807) is 4.90 Å². The Hall–Kier alpha value is -0.910. The van der Waals surface area contributed by atoms with Crippen molar-refractivity contribution in [3.8, 4) is 0 Å². The Morgan fingerprint density at radius 2 is 2.16 bits per heavy atom. The topological polar surface area (TPSA) is 69.6 Å². The summed E-state index contributed by atoms with van der Waals surface area (Å²) in [6.07, 6.45) is 3.18. The van der Waals surface area contributed by atoms with Gasteiger partial charge in [0.15, 0.2) is 0 Å². The lowest BCUT2D eigenvalue weighted by Crippen LogP contribution is -2.46. The Balaban J connectivity index is 1.73. The number of nitrogens with zero attached hydrogens (tertiary/aromatic N) is 1. The van der Waals surface area contributed by atoms with Crippen molar-refractivity contribution in [2.75, 3.05) is 31.1 Å². The first kappa shape index (κ1) is 14.5. The molecule has 2 atom stereocenters. The number of likely N-dealkylation sites (tertiary alicyclic amines) is 1. The maximum absolute atomic E-state index is 12.0. The summed E-state index contributed by atoms with van der Waals surface area (Å²) in [4.78, 5) is 24.5. The Morgan fingerprint density at radius 1 is 1.32 bits per heavy atom. The third-order valence-corrected chi connectivity index (χ3v) is 5.07. The summed E-state index contributed by atoms with van der Waals surface area (Å²) in [5.41, 5.74) is 0. The van der Waals surface area contributed by atoms with Crippen molar-refractivity contribution in [3.63, 3.8) is 0 Å². The summed E-state index contributed by atoms with van der Waals surface area (Å²) in [5, 5.41) is 11.8. The molecule has 2 rings (SSSR count). The van der Waals surface area contributed by atoms with Crippen LogP contribution in [0, 0.1) is 11.8 Å². The van der Waals surface area contributed by atoms with Gasteiger partial charge in [0.25, 0.3) is 0 Å². The quantitative estimate of drug-likeness (QED) is 0.824. The van der Waals surface area contributed by atoms with E-state index in [1.807, 2.05) is 11.8 Å². The molecule has 0 saturated carbocycles. The summed E-state index contributed by atoms with van der Waals surface area (Å²) in [5.74, 6) is 2.29. The van der Waals surface area contributed by atoms with Crippen molar-refractivity contribution in [3.05, 3.63) is 0 Å². The van der Waals surface area contributed by atoms with Gasteiger partial charge in [-0.05, 0) is 42.6 Å². The van der Waals surface area contributed by atoms with Crippen molar-refractivity contribution in [2.24, 2.45) is 11.8 Å². The first-order chi connectivity index (χ1) is 9.15. The van der Waals surface area contributed by atoms with Crippen LogP contribution in [0.15, 0.2) is 0 Å². The molecular formula is C13H22N2O3S. The van der Waals surface area contributed by atoms with Crippen LogP contribution in [0.4, 0.5) is 4.79 Å². The molecule has 0 aromatic rings. The molecule has 2 N–H and O–H groups in total. The number of hydrogen-bond donors (Lipinski definition) is 2. The number of hydrogen-bond acceptors (Lipinski definition) is 3. The van der Waals surface area contributed by atoms with Crippen molar-refractivity contribution >= 4 is 23.8 Å². The van der Waals surface area contributed by atoms with E-state index in [4.69, 9.17) is 5.11 Å². The van der Waals surface area contributed by atoms with Crippen molar-refractivity contribution in [1.29, 1.82) is 0 Å². The second kappa shape index (κ2) is 7.03. The third-order valence-electron chi connectivity index (χ3n) is 3.84. The Bertz CT molecular complexity index is 332. The number of carboxylic acid groups (broad SMARTS) is 1. The van der Waals surface area contributed by atoms with Crippen LogP contribution in [0.2, 0.25) is 0 Å². The number of thioether (sulfide) groups is 1. The molecule has 0 aromatic heterocycles. The van der Waals surface area contributed by atoms with E-state index in [2.05, 4.69) is 5.32 Å². The summed E-state index contributed by atoms with van der Waals surface area (Å²) in [7, 11) is 0. The first-order valence-corrected chi connectivity index (χ1v) is 8.13. The van der Waals surface area contributed by atoms with Crippen LogP contribution >= 0.6 is 11.8 Å². The molecule has 2 unspecified atom stereocenters. The maximum atomic E-state index is 12.0. The van der Waals surface area contributed by atoms with Gasteiger partial charge in [0.2, 0.25) is 0 Å². The smallest absolute Gasteiger partial charge is 0.317 e. The standard InChI is InChI=1S/C13H22N2O3S/c16-12(17)6-10-2-1-4-15(8-10)13(18)14-7-11-3-5-19-9-11/h10-11H,1-9H2,(H,14,18)(H,16,17). The highest BCUT2D eigenvalue weighted by molar-refractivity contribution is 7.99. The van der Waals surface area contributed by atoms with Crippen molar-refractivity contribution < 1.29 is 14.7 Å². The van der Waals surface area contributed by atoms with Gasteiger partial charge in [0.1, 0.15) is 0 Å². The number of carbonyl (C=O) groups excluding carboxylic acids is 1. The fraction of sp³-hybridized carbons (Fsp3) is 0.846. The lowest BCUT2D eigenvalue weighted by Gasteiger charge is -2.32. The predicted molar refractivity (Wildman–Crippen MR) is 75.4 cm³/mol. The van der Waals surface area contributed by atoms with Crippen LogP contribution in [0.1, 0.15) is 25.7 Å². The van der Waals surface area contributed by atoms with Crippen LogP contribution in [-0.2, 0) is 4.79 Å². The Kier molecular flexibility index (Phi) is 5.36. The van der Waals surface area contributed by atoms with Gasteiger partial charge in [-0.3, -0.25) is 4.79 Å². The second-order valence-corrected chi connectivity index (χ2v) is 6.62. The van der Waals surface area contributed by atoms with Gasteiger partial charge < -0.3 is 15.3 Å². The zero-order chi connectivity index (χ0) is 13.7. The van der Waals surface area contributed by atoms with Gasteiger partial charge in [-0.25, -0.2) is 4.79 Å². The average Bonchev–Trinajstić information content (AvgIpc) is 2.88.